The first kappa shape index (κ1) is 11.8. The van der Waals surface area contributed by atoms with Crippen LogP contribution in [-0.2, 0) is 0 Å². The summed E-state index contributed by atoms with van der Waals surface area (Å²) in [5.41, 5.74) is 0. The topological polar surface area (TPSA) is 31.4 Å². The highest BCUT2D eigenvalue weighted by Gasteiger charge is 2.31. The zero-order valence-corrected chi connectivity index (χ0v) is 11.1. The molecule has 1 aliphatic carbocycles. The zero-order chi connectivity index (χ0) is 12.4. The monoisotopic (exact) mass is 246 g/mol. The predicted molar refractivity (Wildman–Crippen MR) is 75.2 cm³/mol. The van der Waals surface area contributed by atoms with E-state index >= 15 is 0 Å². The Hall–Kier alpha value is -1.29. The van der Waals surface area contributed by atoms with Crippen LogP contribution in [0.3, 0.4) is 0 Å². The summed E-state index contributed by atoms with van der Waals surface area (Å²) in [5.74, 6) is 2.10. The number of nitrogens with zero attached hydrogens (tertiary/aromatic N) is 3. The van der Waals surface area contributed by atoms with Crippen LogP contribution in [-0.4, -0.2) is 48.6 Å². The molecule has 98 valence electrons. The molecular weight excluding hydrogens is 224 g/mol. The van der Waals surface area contributed by atoms with Gasteiger partial charge >= 0.3 is 0 Å². The van der Waals surface area contributed by atoms with Crippen LogP contribution in [0.4, 0.5) is 11.6 Å². The van der Waals surface area contributed by atoms with Crippen molar-refractivity contribution in [1.29, 1.82) is 0 Å². The van der Waals surface area contributed by atoms with Gasteiger partial charge in [-0.1, -0.05) is 6.07 Å². The van der Waals surface area contributed by atoms with Crippen LogP contribution >= 0.6 is 0 Å². The molecule has 0 spiro atoms. The molecule has 18 heavy (non-hydrogen) atoms. The lowest BCUT2D eigenvalue weighted by molar-refractivity contribution is 0.247. The molecule has 1 aromatic rings. The number of rotatable bonds is 4. The number of hydrogen-bond donors (Lipinski definition) is 1. The summed E-state index contributed by atoms with van der Waals surface area (Å²) in [5, 5.41) is 3.28. The second-order valence-corrected chi connectivity index (χ2v) is 5.17. The van der Waals surface area contributed by atoms with Gasteiger partial charge in [0.1, 0.15) is 11.6 Å². The molecule has 1 saturated heterocycles. The van der Waals surface area contributed by atoms with Crippen molar-refractivity contribution in [3.63, 3.8) is 0 Å². The summed E-state index contributed by atoms with van der Waals surface area (Å²) >= 11 is 0. The Labute approximate surface area is 109 Å². The van der Waals surface area contributed by atoms with Gasteiger partial charge in [0.15, 0.2) is 0 Å². The smallest absolute Gasteiger partial charge is 0.131 e. The highest BCUT2D eigenvalue weighted by Crippen LogP contribution is 2.28. The lowest BCUT2D eigenvalue weighted by atomic mass is 10.3. The quantitative estimate of drug-likeness (QED) is 0.878. The van der Waals surface area contributed by atoms with Gasteiger partial charge in [0.05, 0.1) is 0 Å². The standard InChI is InChI=1S/C14H22N4/c1-2-15-13-4-3-5-14(16-13)18-10-8-17(9-11-18)12-6-7-12/h3-5,12H,2,6-11H2,1H3,(H,15,16). The number of hydrogen-bond acceptors (Lipinski definition) is 4. The second-order valence-electron chi connectivity index (χ2n) is 5.17. The molecule has 1 saturated carbocycles. The van der Waals surface area contributed by atoms with Crippen molar-refractivity contribution in [2.24, 2.45) is 0 Å². The van der Waals surface area contributed by atoms with Crippen LogP contribution in [0.25, 0.3) is 0 Å². The van der Waals surface area contributed by atoms with Crippen molar-refractivity contribution in [2.75, 3.05) is 42.9 Å². The molecule has 2 aliphatic rings. The summed E-state index contributed by atoms with van der Waals surface area (Å²) in [6, 6.07) is 7.14. The molecular formula is C14H22N4. The first-order valence-electron chi connectivity index (χ1n) is 7.07. The Kier molecular flexibility index (Phi) is 3.37. The van der Waals surface area contributed by atoms with Crippen molar-refractivity contribution in [1.82, 2.24) is 9.88 Å². The molecule has 0 radical (unpaired) electrons. The van der Waals surface area contributed by atoms with Crippen molar-refractivity contribution in [3.05, 3.63) is 18.2 Å². The van der Waals surface area contributed by atoms with Gasteiger partial charge in [0.2, 0.25) is 0 Å². The van der Waals surface area contributed by atoms with Gasteiger partial charge in [-0.25, -0.2) is 4.98 Å². The van der Waals surface area contributed by atoms with E-state index < -0.39 is 0 Å². The van der Waals surface area contributed by atoms with Crippen molar-refractivity contribution >= 4 is 11.6 Å². The predicted octanol–water partition coefficient (Wildman–Crippen LogP) is 1.80. The SMILES string of the molecule is CCNc1cccc(N2CCN(C3CC3)CC2)n1. The van der Waals surface area contributed by atoms with Crippen molar-refractivity contribution in [3.8, 4) is 0 Å². The Morgan fingerprint density at radius 1 is 1.22 bits per heavy atom. The van der Waals surface area contributed by atoms with Gasteiger partial charge in [0.25, 0.3) is 0 Å². The van der Waals surface area contributed by atoms with Crippen LogP contribution in [0.1, 0.15) is 19.8 Å². The summed E-state index contributed by atoms with van der Waals surface area (Å²) in [6.07, 6.45) is 2.82. The van der Waals surface area contributed by atoms with Gasteiger partial charge < -0.3 is 10.2 Å². The molecule has 2 heterocycles. The van der Waals surface area contributed by atoms with Crippen molar-refractivity contribution in [2.45, 2.75) is 25.8 Å². The van der Waals surface area contributed by atoms with Crippen LogP contribution in [0.2, 0.25) is 0 Å². The summed E-state index contributed by atoms with van der Waals surface area (Å²) in [4.78, 5) is 9.70. The van der Waals surface area contributed by atoms with Crippen LogP contribution in [0.5, 0.6) is 0 Å². The molecule has 0 unspecified atom stereocenters. The van der Waals surface area contributed by atoms with Crippen LogP contribution < -0.4 is 10.2 Å². The molecule has 0 bridgehead atoms. The first-order valence-corrected chi connectivity index (χ1v) is 7.07. The van der Waals surface area contributed by atoms with E-state index in [1.54, 1.807) is 0 Å². The minimum Gasteiger partial charge on any atom is -0.370 e. The minimum absolute atomic E-state index is 0.896. The molecule has 1 aromatic heterocycles. The Morgan fingerprint density at radius 2 is 2.00 bits per heavy atom. The molecule has 0 atom stereocenters. The van der Waals surface area contributed by atoms with Crippen LogP contribution in [0.15, 0.2) is 18.2 Å². The average Bonchev–Trinajstić information content (AvgIpc) is 3.24. The van der Waals surface area contributed by atoms with Crippen molar-refractivity contribution < 1.29 is 0 Å². The van der Waals surface area contributed by atoms with Gasteiger partial charge in [-0.15, -0.1) is 0 Å². The lowest BCUT2D eigenvalue weighted by Crippen LogP contribution is -2.47. The summed E-state index contributed by atoms with van der Waals surface area (Å²) in [6.45, 7) is 7.63. The third kappa shape index (κ3) is 2.58. The summed E-state index contributed by atoms with van der Waals surface area (Å²) in [7, 11) is 0. The highest BCUT2D eigenvalue weighted by atomic mass is 15.3. The van der Waals surface area contributed by atoms with E-state index in [0.717, 1.165) is 37.3 Å². The van der Waals surface area contributed by atoms with E-state index in [2.05, 4.69) is 39.2 Å². The zero-order valence-electron chi connectivity index (χ0n) is 11.1. The molecule has 2 fully saturated rings. The van der Waals surface area contributed by atoms with Gasteiger partial charge in [-0.3, -0.25) is 4.90 Å². The van der Waals surface area contributed by atoms with E-state index in [1.807, 2.05) is 6.07 Å². The molecule has 4 nitrogen and oxygen atoms in total. The van der Waals surface area contributed by atoms with Gasteiger partial charge in [-0.2, -0.15) is 0 Å². The normalized spacial score (nSPS) is 21.1. The van der Waals surface area contributed by atoms with E-state index in [0.29, 0.717) is 0 Å². The highest BCUT2D eigenvalue weighted by molar-refractivity contribution is 5.47. The number of aromatic nitrogens is 1. The van der Waals surface area contributed by atoms with Gasteiger partial charge in [-0.05, 0) is 31.9 Å². The largest absolute Gasteiger partial charge is 0.370 e. The maximum Gasteiger partial charge on any atom is 0.131 e. The second kappa shape index (κ2) is 5.14. The van der Waals surface area contributed by atoms with E-state index in [1.165, 1.54) is 25.9 Å². The van der Waals surface area contributed by atoms with E-state index in [4.69, 9.17) is 0 Å². The molecule has 4 heteroatoms. The lowest BCUT2D eigenvalue weighted by Gasteiger charge is -2.35. The third-order valence-electron chi connectivity index (χ3n) is 3.79. The number of nitrogens with one attached hydrogen (secondary N) is 1. The third-order valence-corrected chi connectivity index (χ3v) is 3.79. The number of anilines is 2. The Morgan fingerprint density at radius 3 is 2.67 bits per heavy atom. The summed E-state index contributed by atoms with van der Waals surface area (Å²) < 4.78 is 0. The maximum absolute atomic E-state index is 4.67. The fourth-order valence-electron chi connectivity index (χ4n) is 2.63. The Balaban J connectivity index is 1.62. The fraction of sp³-hybridized carbons (Fsp3) is 0.643. The number of piperazine rings is 1. The Bertz CT molecular complexity index is 395. The minimum atomic E-state index is 0.896. The molecule has 3 rings (SSSR count). The molecule has 1 N–H and O–H groups in total. The van der Waals surface area contributed by atoms with Crippen LogP contribution in [0, 0.1) is 0 Å². The molecule has 0 amide bonds. The van der Waals surface area contributed by atoms with Gasteiger partial charge in [0, 0.05) is 38.8 Å². The van der Waals surface area contributed by atoms with E-state index in [-0.39, 0.29) is 0 Å². The molecule has 1 aliphatic heterocycles. The average molecular weight is 246 g/mol. The maximum atomic E-state index is 4.67. The number of pyridine rings is 1. The molecule has 0 aromatic carbocycles. The first-order chi connectivity index (χ1) is 8.86. The van der Waals surface area contributed by atoms with E-state index in [9.17, 15) is 0 Å². The fourth-order valence-corrected chi connectivity index (χ4v) is 2.63.